The third-order valence-corrected chi connectivity index (χ3v) is 20.0. The van der Waals surface area contributed by atoms with Gasteiger partial charge in [0.15, 0.2) is 0 Å². The second-order valence-electron chi connectivity index (χ2n) is 22.6. The molecule has 4 unspecified atom stereocenters. The van der Waals surface area contributed by atoms with Crippen LogP contribution in [0.25, 0.3) is 72.3 Å². The van der Waals surface area contributed by atoms with Gasteiger partial charge >= 0.3 is 0 Å². The van der Waals surface area contributed by atoms with Gasteiger partial charge in [0.05, 0.1) is 11.1 Å². The number of aliphatic imine (C=N–C) groups is 1. The molecule has 0 N–H and O–H groups in total. The number of thiophene rings is 1. The van der Waals surface area contributed by atoms with Gasteiger partial charge in [-0.15, -0.1) is 11.3 Å². The molecule has 0 radical (unpaired) electrons. The standard InChI is InChI=1S/C76H61NS/c1-5-49-43-63(51-24-10-7-11-25-51)46(2)47(3)74(77-75(49)55-38-39-62-70(45-55)78-69-37-21-33-57(72(62)69)50-22-8-6-9-23-50)54-28-20-27-52(42-54)64-44-53-26-12-13-29-56(53)60-40-41-68-73(71(60)48(64)4)61-32-16-19-36-67(61)76(68)65-34-17-14-30-58(65)59-31-15-18-35-66(59)76/h6-37,39-42,45,47-48,55,64H,5,38,43-44H2,1-4H3/b63-46-,75-49-,77-74+. The van der Waals surface area contributed by atoms with E-state index in [2.05, 4.69) is 252 Å². The summed E-state index contributed by atoms with van der Waals surface area (Å²) in [5, 5.41) is 2.75. The van der Waals surface area contributed by atoms with Crippen LogP contribution in [-0.2, 0) is 11.8 Å². The molecule has 10 aromatic rings. The maximum Gasteiger partial charge on any atom is 0.0725 e. The van der Waals surface area contributed by atoms with Gasteiger partial charge in [0.1, 0.15) is 0 Å². The van der Waals surface area contributed by atoms with Gasteiger partial charge in [-0.3, -0.25) is 4.99 Å². The first-order valence-corrected chi connectivity index (χ1v) is 29.2. The van der Waals surface area contributed by atoms with Crippen LogP contribution in [0.2, 0.25) is 0 Å². The van der Waals surface area contributed by atoms with E-state index in [0.717, 1.165) is 25.7 Å². The summed E-state index contributed by atoms with van der Waals surface area (Å²) in [4.78, 5) is 6.09. The highest BCUT2D eigenvalue weighted by Crippen LogP contribution is 2.65. The molecule has 9 aromatic carbocycles. The minimum atomic E-state index is -0.398. The molecule has 0 saturated carbocycles. The van der Waals surface area contributed by atoms with Crippen molar-refractivity contribution in [2.24, 2.45) is 16.8 Å². The topological polar surface area (TPSA) is 12.4 Å². The van der Waals surface area contributed by atoms with Crippen LogP contribution in [-0.4, -0.2) is 5.71 Å². The zero-order valence-electron chi connectivity index (χ0n) is 44.9. The molecular formula is C76H61NS. The van der Waals surface area contributed by atoms with Crippen molar-refractivity contribution in [1.29, 1.82) is 0 Å². The maximum absolute atomic E-state index is 6.09. The van der Waals surface area contributed by atoms with Crippen LogP contribution in [0.5, 0.6) is 0 Å². The van der Waals surface area contributed by atoms with Gasteiger partial charge in [-0.2, -0.15) is 0 Å². The first-order valence-electron chi connectivity index (χ1n) is 28.4. The highest BCUT2D eigenvalue weighted by molar-refractivity contribution is 7.17. The molecule has 1 spiro atoms. The smallest absolute Gasteiger partial charge is 0.0725 e. The summed E-state index contributed by atoms with van der Waals surface area (Å²) in [6.45, 7) is 9.69. The quantitative estimate of drug-likeness (QED) is 0.157. The molecule has 0 saturated heterocycles. The molecule has 376 valence electrons. The molecule has 2 heteroatoms. The van der Waals surface area contributed by atoms with E-state index >= 15 is 0 Å². The first-order chi connectivity index (χ1) is 38.4. The van der Waals surface area contributed by atoms with Crippen molar-refractivity contribution in [3.63, 3.8) is 0 Å². The fourth-order valence-electron chi connectivity index (χ4n) is 15.0. The number of benzene rings is 9. The average molecular weight is 1020 g/mol. The molecule has 15 rings (SSSR count). The molecule has 2 heterocycles. The molecule has 78 heavy (non-hydrogen) atoms. The minimum absolute atomic E-state index is 0.0888. The fourth-order valence-corrected chi connectivity index (χ4v) is 16.3. The summed E-state index contributed by atoms with van der Waals surface area (Å²) in [7, 11) is 0. The molecule has 0 amide bonds. The lowest BCUT2D eigenvalue weighted by atomic mass is 9.69. The Bertz CT molecular complexity index is 4290. The van der Waals surface area contributed by atoms with E-state index in [1.54, 1.807) is 0 Å². The molecule has 0 bridgehead atoms. The fraction of sp³-hybridized carbons (Fsp3) is 0.171. The van der Waals surface area contributed by atoms with Crippen molar-refractivity contribution in [2.75, 3.05) is 0 Å². The second-order valence-corrected chi connectivity index (χ2v) is 23.7. The van der Waals surface area contributed by atoms with E-state index in [1.807, 2.05) is 11.3 Å². The molecule has 1 aromatic heterocycles. The van der Waals surface area contributed by atoms with E-state index in [-0.39, 0.29) is 23.7 Å². The normalized spacial score (nSPS) is 22.0. The lowest BCUT2D eigenvalue weighted by molar-refractivity contribution is 0.580. The van der Waals surface area contributed by atoms with Crippen molar-refractivity contribution >= 4 is 44.9 Å². The number of hydrogen-bond donors (Lipinski definition) is 0. The number of hydrogen-bond acceptors (Lipinski definition) is 2. The molecular weight excluding hydrogens is 959 g/mol. The predicted molar refractivity (Wildman–Crippen MR) is 330 cm³/mol. The number of rotatable bonds is 6. The highest BCUT2D eigenvalue weighted by Gasteiger charge is 2.53. The Morgan fingerprint density at radius 1 is 0.564 bits per heavy atom. The van der Waals surface area contributed by atoms with Crippen molar-refractivity contribution in [3.05, 3.63) is 289 Å². The SMILES string of the molecule is CC/C1=C(C2C=c3sc4cccc(-c5ccccc5)c4c3=CC2)/N=C(/c2cccc(C3Cc4ccccc4-c4ccc5c(c4C3C)-c3ccccc3C53c4ccccc4-c4ccccc43)c2)C(C)/C(C)=C(\c2ccccc2)C1. The van der Waals surface area contributed by atoms with Gasteiger partial charge < -0.3 is 0 Å². The summed E-state index contributed by atoms with van der Waals surface area (Å²) in [5.74, 6) is 0.652. The van der Waals surface area contributed by atoms with Gasteiger partial charge in [0.2, 0.25) is 0 Å². The summed E-state index contributed by atoms with van der Waals surface area (Å²) in [6, 6.07) is 80.6. The van der Waals surface area contributed by atoms with E-state index in [4.69, 9.17) is 4.99 Å². The van der Waals surface area contributed by atoms with Crippen molar-refractivity contribution < 1.29 is 0 Å². The number of nitrogens with zero attached hydrogens (tertiary/aromatic N) is 1. The molecule has 1 nitrogen and oxygen atoms in total. The van der Waals surface area contributed by atoms with Crippen LogP contribution >= 0.6 is 11.3 Å². The zero-order chi connectivity index (χ0) is 52.2. The molecule has 4 atom stereocenters. The van der Waals surface area contributed by atoms with Gasteiger partial charge in [-0.25, -0.2) is 0 Å². The molecule has 5 aliphatic rings. The monoisotopic (exact) mass is 1020 g/mol. The van der Waals surface area contributed by atoms with Gasteiger partial charge in [0.25, 0.3) is 0 Å². The van der Waals surface area contributed by atoms with Crippen molar-refractivity contribution in [3.8, 4) is 44.5 Å². The van der Waals surface area contributed by atoms with Gasteiger partial charge in [0, 0.05) is 32.2 Å². The molecule has 1 aliphatic heterocycles. The van der Waals surface area contributed by atoms with Crippen LogP contribution in [0.15, 0.2) is 234 Å². The third-order valence-electron chi connectivity index (χ3n) is 18.8. The Kier molecular flexibility index (Phi) is 11.2. The number of fused-ring (bicyclic) bond motifs is 17. The van der Waals surface area contributed by atoms with E-state index < -0.39 is 5.41 Å². The lowest BCUT2D eigenvalue weighted by Gasteiger charge is -2.31. The summed E-state index contributed by atoms with van der Waals surface area (Å²) < 4.78 is 2.71. The summed E-state index contributed by atoms with van der Waals surface area (Å²) in [6.07, 6.45) is 8.81. The Labute approximate surface area is 463 Å². The second kappa shape index (κ2) is 18.5. The van der Waals surface area contributed by atoms with E-state index in [0.29, 0.717) is 0 Å². The van der Waals surface area contributed by atoms with Crippen LogP contribution in [0.1, 0.15) is 109 Å². The average Bonchev–Trinajstić information content (AvgIpc) is 3.53. The molecule has 0 fully saturated rings. The van der Waals surface area contributed by atoms with Crippen LogP contribution in [0.3, 0.4) is 0 Å². The minimum Gasteiger partial charge on any atom is -0.256 e. The van der Waals surface area contributed by atoms with Crippen molar-refractivity contribution in [1.82, 2.24) is 0 Å². The summed E-state index contributed by atoms with van der Waals surface area (Å²) >= 11 is 1.94. The highest BCUT2D eigenvalue weighted by atomic mass is 32.1. The zero-order valence-corrected chi connectivity index (χ0v) is 45.7. The van der Waals surface area contributed by atoms with Crippen LogP contribution in [0.4, 0.5) is 0 Å². The van der Waals surface area contributed by atoms with E-state index in [1.165, 1.54) is 143 Å². The maximum atomic E-state index is 6.09. The third kappa shape index (κ3) is 7.01. The lowest BCUT2D eigenvalue weighted by Crippen LogP contribution is -2.26. The van der Waals surface area contributed by atoms with Crippen LogP contribution < -0.4 is 9.75 Å². The van der Waals surface area contributed by atoms with Gasteiger partial charge in [-0.1, -0.05) is 239 Å². The number of allylic oxidation sites excluding steroid dienone is 4. The van der Waals surface area contributed by atoms with Crippen LogP contribution in [0, 0.1) is 11.8 Å². The predicted octanol–water partition coefficient (Wildman–Crippen LogP) is 18.3. The Hall–Kier alpha value is -8.17. The Morgan fingerprint density at radius 2 is 1.18 bits per heavy atom. The Balaban J connectivity index is 0.900. The molecule has 4 aliphatic carbocycles. The summed E-state index contributed by atoms with van der Waals surface area (Å²) in [5.41, 5.74) is 29.5. The largest absolute Gasteiger partial charge is 0.256 e. The first kappa shape index (κ1) is 47.1. The Morgan fingerprint density at radius 3 is 1.91 bits per heavy atom. The van der Waals surface area contributed by atoms with E-state index in [9.17, 15) is 0 Å². The van der Waals surface area contributed by atoms with Crippen molar-refractivity contribution in [2.45, 2.75) is 70.6 Å². The van der Waals surface area contributed by atoms with Gasteiger partial charge in [-0.05, 0) is 168 Å².